The highest BCUT2D eigenvalue weighted by Gasteiger charge is 2.35. The molecule has 0 saturated carbocycles. The Hall–Kier alpha value is -1.43. The van der Waals surface area contributed by atoms with Crippen LogP contribution in [0.4, 0.5) is 0 Å². The van der Waals surface area contributed by atoms with Gasteiger partial charge >= 0.3 is 0 Å². The molecule has 4 nitrogen and oxygen atoms in total. The summed E-state index contributed by atoms with van der Waals surface area (Å²) in [5.74, 6) is -0.0662. The van der Waals surface area contributed by atoms with Gasteiger partial charge in [0, 0.05) is 30.2 Å². The lowest BCUT2D eigenvalue weighted by Crippen LogP contribution is -2.44. The van der Waals surface area contributed by atoms with Crippen LogP contribution in [0.2, 0.25) is 5.02 Å². The van der Waals surface area contributed by atoms with Crippen LogP contribution in [-0.2, 0) is 10.2 Å². The standard InChI is InChI=1S/C17H19ClN2O2S/c1-12-19-10-15(23-12)16(21)20-11-17(5-7-22-8-6-17)13-3-2-4-14(18)9-13/h2-4,9-10H,5-8,11H2,1H3,(H,20,21). The van der Waals surface area contributed by atoms with Gasteiger partial charge in [-0.1, -0.05) is 23.7 Å². The van der Waals surface area contributed by atoms with Crippen molar-refractivity contribution in [1.29, 1.82) is 0 Å². The second-order valence-corrected chi connectivity index (χ2v) is 7.50. The minimum absolute atomic E-state index is 0.0662. The highest BCUT2D eigenvalue weighted by molar-refractivity contribution is 7.13. The van der Waals surface area contributed by atoms with Gasteiger partial charge in [0.15, 0.2) is 0 Å². The second-order valence-electron chi connectivity index (χ2n) is 5.83. The summed E-state index contributed by atoms with van der Waals surface area (Å²) >= 11 is 7.57. The van der Waals surface area contributed by atoms with Crippen molar-refractivity contribution < 1.29 is 9.53 Å². The highest BCUT2D eigenvalue weighted by Crippen LogP contribution is 2.35. The second kappa shape index (κ2) is 6.99. The van der Waals surface area contributed by atoms with Crippen LogP contribution < -0.4 is 5.32 Å². The quantitative estimate of drug-likeness (QED) is 0.916. The summed E-state index contributed by atoms with van der Waals surface area (Å²) in [7, 11) is 0. The number of ether oxygens (including phenoxy) is 1. The van der Waals surface area contributed by atoms with E-state index in [1.165, 1.54) is 11.3 Å². The molecule has 1 N–H and O–H groups in total. The lowest BCUT2D eigenvalue weighted by Gasteiger charge is -2.38. The number of carbonyl (C=O) groups excluding carboxylic acids is 1. The van der Waals surface area contributed by atoms with Crippen LogP contribution in [0.1, 0.15) is 33.1 Å². The monoisotopic (exact) mass is 350 g/mol. The Morgan fingerprint density at radius 1 is 1.43 bits per heavy atom. The predicted molar refractivity (Wildman–Crippen MR) is 92.4 cm³/mol. The van der Waals surface area contributed by atoms with E-state index in [4.69, 9.17) is 16.3 Å². The maximum atomic E-state index is 12.3. The minimum Gasteiger partial charge on any atom is -0.381 e. The SMILES string of the molecule is Cc1ncc(C(=O)NCC2(c3cccc(Cl)c3)CCOCC2)s1. The van der Waals surface area contributed by atoms with Gasteiger partial charge < -0.3 is 10.1 Å². The molecule has 0 spiro atoms. The van der Waals surface area contributed by atoms with Crippen molar-refractivity contribution in [2.45, 2.75) is 25.2 Å². The first-order valence-corrected chi connectivity index (χ1v) is 8.83. The molecule has 0 bridgehead atoms. The van der Waals surface area contributed by atoms with Crippen LogP contribution in [0.5, 0.6) is 0 Å². The number of nitrogens with one attached hydrogen (secondary N) is 1. The molecule has 1 aromatic carbocycles. The molecule has 1 saturated heterocycles. The molecule has 1 aliphatic heterocycles. The van der Waals surface area contributed by atoms with Crippen molar-refractivity contribution >= 4 is 28.8 Å². The highest BCUT2D eigenvalue weighted by atomic mass is 35.5. The van der Waals surface area contributed by atoms with Crippen molar-refractivity contribution in [3.05, 3.63) is 50.9 Å². The third-order valence-corrected chi connectivity index (χ3v) is 5.47. The number of rotatable bonds is 4. The van der Waals surface area contributed by atoms with E-state index >= 15 is 0 Å². The van der Waals surface area contributed by atoms with Gasteiger partial charge in [0.1, 0.15) is 4.88 Å². The van der Waals surface area contributed by atoms with Crippen molar-refractivity contribution in [1.82, 2.24) is 10.3 Å². The maximum Gasteiger partial charge on any atom is 0.263 e. The zero-order valence-electron chi connectivity index (χ0n) is 13.0. The van der Waals surface area contributed by atoms with Gasteiger partial charge in [-0.05, 0) is 37.5 Å². The van der Waals surface area contributed by atoms with E-state index in [-0.39, 0.29) is 11.3 Å². The van der Waals surface area contributed by atoms with Crippen LogP contribution in [0.25, 0.3) is 0 Å². The predicted octanol–water partition coefficient (Wildman–Crippen LogP) is 3.58. The van der Waals surface area contributed by atoms with Gasteiger partial charge in [-0.3, -0.25) is 4.79 Å². The van der Waals surface area contributed by atoms with E-state index in [9.17, 15) is 4.79 Å². The molecule has 0 unspecified atom stereocenters. The van der Waals surface area contributed by atoms with E-state index in [1.807, 2.05) is 25.1 Å². The molecule has 1 aromatic heterocycles. The van der Waals surface area contributed by atoms with Crippen LogP contribution in [0, 0.1) is 6.92 Å². The molecule has 2 aromatic rings. The fraction of sp³-hybridized carbons (Fsp3) is 0.412. The number of amides is 1. The zero-order chi connectivity index (χ0) is 16.3. The molecular formula is C17H19ClN2O2S. The zero-order valence-corrected chi connectivity index (χ0v) is 14.5. The first kappa shape index (κ1) is 16.4. The fourth-order valence-electron chi connectivity index (χ4n) is 2.95. The maximum absolute atomic E-state index is 12.3. The third kappa shape index (κ3) is 3.74. The molecule has 1 amide bonds. The largest absolute Gasteiger partial charge is 0.381 e. The Bertz CT molecular complexity index is 695. The molecule has 3 rings (SSSR count). The summed E-state index contributed by atoms with van der Waals surface area (Å²) in [4.78, 5) is 17.1. The molecule has 0 atom stereocenters. The Labute approximate surface area is 144 Å². The number of thiazole rings is 1. The number of benzene rings is 1. The molecule has 0 aliphatic carbocycles. The molecule has 6 heteroatoms. The van der Waals surface area contributed by atoms with Gasteiger partial charge in [-0.25, -0.2) is 4.98 Å². The molecule has 122 valence electrons. The van der Waals surface area contributed by atoms with Crippen LogP contribution in [0.15, 0.2) is 30.5 Å². The van der Waals surface area contributed by atoms with Crippen molar-refractivity contribution in [2.75, 3.05) is 19.8 Å². The molecule has 23 heavy (non-hydrogen) atoms. The van der Waals surface area contributed by atoms with Gasteiger partial charge in [-0.15, -0.1) is 11.3 Å². The Balaban J connectivity index is 1.78. The third-order valence-electron chi connectivity index (χ3n) is 4.32. The minimum atomic E-state index is -0.126. The first-order valence-electron chi connectivity index (χ1n) is 7.63. The Morgan fingerprint density at radius 3 is 2.87 bits per heavy atom. The molecule has 1 fully saturated rings. The Morgan fingerprint density at radius 2 is 2.22 bits per heavy atom. The van der Waals surface area contributed by atoms with Crippen LogP contribution in [-0.4, -0.2) is 30.6 Å². The van der Waals surface area contributed by atoms with Gasteiger partial charge in [0.2, 0.25) is 0 Å². The Kier molecular flexibility index (Phi) is 4.99. The summed E-state index contributed by atoms with van der Waals surface area (Å²) in [5, 5.41) is 4.69. The van der Waals surface area contributed by atoms with Crippen molar-refractivity contribution in [3.8, 4) is 0 Å². The van der Waals surface area contributed by atoms with E-state index < -0.39 is 0 Å². The van der Waals surface area contributed by atoms with Crippen LogP contribution >= 0.6 is 22.9 Å². The summed E-state index contributed by atoms with van der Waals surface area (Å²) < 4.78 is 5.52. The molecule has 2 heterocycles. The van der Waals surface area contributed by atoms with Crippen LogP contribution in [0.3, 0.4) is 0 Å². The summed E-state index contributed by atoms with van der Waals surface area (Å²) in [6, 6.07) is 7.91. The average Bonchev–Trinajstić information content (AvgIpc) is 3.00. The van der Waals surface area contributed by atoms with E-state index in [0.717, 1.165) is 28.4 Å². The number of halogens is 1. The number of aryl methyl sites for hydroxylation is 1. The fourth-order valence-corrected chi connectivity index (χ4v) is 3.84. The van der Waals surface area contributed by atoms with E-state index in [0.29, 0.717) is 24.6 Å². The van der Waals surface area contributed by atoms with Gasteiger partial charge in [-0.2, -0.15) is 0 Å². The first-order chi connectivity index (χ1) is 11.1. The number of carbonyl (C=O) groups is 1. The molecule has 0 radical (unpaired) electrons. The summed E-state index contributed by atoms with van der Waals surface area (Å²) in [6.07, 6.45) is 3.37. The van der Waals surface area contributed by atoms with E-state index in [2.05, 4.69) is 16.4 Å². The number of hydrogen-bond donors (Lipinski definition) is 1. The number of aromatic nitrogens is 1. The van der Waals surface area contributed by atoms with Gasteiger partial charge in [0.25, 0.3) is 5.91 Å². The molecular weight excluding hydrogens is 332 g/mol. The van der Waals surface area contributed by atoms with Crippen molar-refractivity contribution in [2.24, 2.45) is 0 Å². The average molecular weight is 351 g/mol. The number of hydrogen-bond acceptors (Lipinski definition) is 4. The van der Waals surface area contributed by atoms with Gasteiger partial charge in [0.05, 0.1) is 11.2 Å². The molecule has 1 aliphatic rings. The lowest BCUT2D eigenvalue weighted by atomic mass is 9.74. The van der Waals surface area contributed by atoms with E-state index in [1.54, 1.807) is 6.20 Å². The normalized spacial score (nSPS) is 17.0. The topological polar surface area (TPSA) is 51.2 Å². The lowest BCUT2D eigenvalue weighted by molar-refractivity contribution is 0.0487. The summed E-state index contributed by atoms with van der Waals surface area (Å²) in [5.41, 5.74) is 1.03. The smallest absolute Gasteiger partial charge is 0.263 e. The van der Waals surface area contributed by atoms with Crippen molar-refractivity contribution in [3.63, 3.8) is 0 Å². The number of nitrogens with zero attached hydrogens (tertiary/aromatic N) is 1. The summed E-state index contributed by atoms with van der Waals surface area (Å²) in [6.45, 7) is 3.87.